The van der Waals surface area contributed by atoms with E-state index in [9.17, 15) is 5.11 Å². The summed E-state index contributed by atoms with van der Waals surface area (Å²) in [6.07, 6.45) is 0.686. The van der Waals surface area contributed by atoms with Crippen LogP contribution in [0.25, 0.3) is 0 Å². The van der Waals surface area contributed by atoms with Gasteiger partial charge in [0, 0.05) is 6.04 Å². The molecule has 0 saturated heterocycles. The summed E-state index contributed by atoms with van der Waals surface area (Å²) in [7, 11) is 0. The van der Waals surface area contributed by atoms with Crippen LogP contribution in [0, 0.1) is 0 Å². The van der Waals surface area contributed by atoms with Crippen LogP contribution in [0.5, 0.6) is 0 Å². The number of nitrogens with two attached hydrogens (primary N) is 1. The molecule has 1 fully saturated rings. The van der Waals surface area contributed by atoms with E-state index in [1.807, 2.05) is 0 Å². The Bertz CT molecular complexity index is 120. The van der Waals surface area contributed by atoms with Crippen molar-refractivity contribution in [2.45, 2.75) is 31.1 Å². The summed E-state index contributed by atoms with van der Waals surface area (Å²) < 4.78 is 5.15. The van der Waals surface area contributed by atoms with Crippen molar-refractivity contribution in [1.29, 1.82) is 0 Å². The second-order valence-corrected chi connectivity index (χ2v) is 2.93. The first-order valence-electron chi connectivity index (χ1n) is 3.90. The van der Waals surface area contributed by atoms with Gasteiger partial charge in [0.05, 0.1) is 25.4 Å². The number of ether oxygens (including phenoxy) is 1. The Balaban J connectivity index is 2.23. The first kappa shape index (κ1) is 8.93. The topological polar surface area (TPSA) is 75.7 Å². The normalized spacial score (nSPS) is 37.9. The molecular weight excluding hydrogens is 146 g/mol. The van der Waals surface area contributed by atoms with E-state index >= 15 is 0 Å². The molecule has 0 spiro atoms. The Morgan fingerprint density at radius 2 is 2.18 bits per heavy atom. The zero-order chi connectivity index (χ0) is 8.27. The van der Waals surface area contributed by atoms with Gasteiger partial charge in [-0.3, -0.25) is 0 Å². The molecule has 0 amide bonds. The second-order valence-electron chi connectivity index (χ2n) is 2.93. The number of aliphatic hydroxyl groups excluding tert-OH is 2. The summed E-state index contributed by atoms with van der Waals surface area (Å²) >= 11 is 0. The summed E-state index contributed by atoms with van der Waals surface area (Å²) in [4.78, 5) is 0. The van der Waals surface area contributed by atoms with Gasteiger partial charge in [-0.15, -0.1) is 0 Å². The molecule has 0 radical (unpaired) electrons. The average molecular weight is 161 g/mol. The van der Waals surface area contributed by atoms with E-state index in [1.54, 1.807) is 0 Å². The highest BCUT2D eigenvalue weighted by Crippen LogP contribution is 2.20. The van der Waals surface area contributed by atoms with Gasteiger partial charge in [0.1, 0.15) is 0 Å². The summed E-state index contributed by atoms with van der Waals surface area (Å²) in [6.45, 7) is 0.285. The fourth-order valence-corrected chi connectivity index (χ4v) is 1.40. The van der Waals surface area contributed by atoms with Gasteiger partial charge < -0.3 is 20.7 Å². The minimum atomic E-state index is -0.448. The molecule has 0 heterocycles. The van der Waals surface area contributed by atoms with Crippen LogP contribution < -0.4 is 5.73 Å². The molecule has 4 N–H and O–H groups in total. The quantitative estimate of drug-likeness (QED) is 0.488. The Kier molecular flexibility index (Phi) is 3.26. The van der Waals surface area contributed by atoms with Gasteiger partial charge in [-0.2, -0.15) is 0 Å². The van der Waals surface area contributed by atoms with Crippen molar-refractivity contribution in [3.05, 3.63) is 0 Å². The van der Waals surface area contributed by atoms with Crippen LogP contribution in [0.4, 0.5) is 0 Å². The van der Waals surface area contributed by atoms with Gasteiger partial charge in [0.2, 0.25) is 0 Å². The Labute approximate surface area is 66.0 Å². The SMILES string of the molecule is N[C@@H]1C[C@H](OCCO)[C@@H](O)C1. The Morgan fingerprint density at radius 1 is 1.45 bits per heavy atom. The molecule has 0 aromatic heterocycles. The molecule has 0 bridgehead atoms. The molecule has 11 heavy (non-hydrogen) atoms. The zero-order valence-corrected chi connectivity index (χ0v) is 6.44. The van der Waals surface area contributed by atoms with Crippen LogP contribution in [0.2, 0.25) is 0 Å². The number of hydrogen-bond donors (Lipinski definition) is 3. The minimum Gasteiger partial charge on any atom is -0.394 e. The van der Waals surface area contributed by atoms with Gasteiger partial charge in [-0.1, -0.05) is 0 Å². The lowest BCUT2D eigenvalue weighted by Crippen LogP contribution is -2.24. The van der Waals surface area contributed by atoms with Crippen molar-refractivity contribution >= 4 is 0 Å². The van der Waals surface area contributed by atoms with E-state index < -0.39 is 6.10 Å². The maximum Gasteiger partial charge on any atom is 0.0850 e. The van der Waals surface area contributed by atoms with Crippen LogP contribution in [-0.2, 0) is 4.74 Å². The molecular formula is C7H15NO3. The summed E-state index contributed by atoms with van der Waals surface area (Å²) in [5.74, 6) is 0. The number of rotatable bonds is 3. The van der Waals surface area contributed by atoms with Crippen molar-refractivity contribution in [3.63, 3.8) is 0 Å². The number of aliphatic hydroxyl groups is 2. The molecule has 1 aliphatic rings. The molecule has 4 heteroatoms. The molecule has 3 atom stereocenters. The van der Waals surface area contributed by atoms with Crippen molar-refractivity contribution < 1.29 is 14.9 Å². The molecule has 0 aromatic rings. The van der Waals surface area contributed by atoms with E-state index in [-0.39, 0.29) is 25.4 Å². The highest BCUT2D eigenvalue weighted by atomic mass is 16.5. The van der Waals surface area contributed by atoms with Crippen molar-refractivity contribution in [1.82, 2.24) is 0 Å². The van der Waals surface area contributed by atoms with Crippen LogP contribution >= 0.6 is 0 Å². The molecule has 0 aromatic carbocycles. The van der Waals surface area contributed by atoms with E-state index in [0.29, 0.717) is 12.8 Å². The maximum atomic E-state index is 9.30. The van der Waals surface area contributed by atoms with Crippen molar-refractivity contribution in [2.24, 2.45) is 5.73 Å². The summed E-state index contributed by atoms with van der Waals surface area (Å²) in [5, 5.41) is 17.7. The zero-order valence-electron chi connectivity index (χ0n) is 6.44. The predicted molar refractivity (Wildman–Crippen MR) is 40.0 cm³/mol. The van der Waals surface area contributed by atoms with E-state index in [0.717, 1.165) is 0 Å². The van der Waals surface area contributed by atoms with Gasteiger partial charge in [-0.05, 0) is 12.8 Å². The minimum absolute atomic E-state index is 0.00153. The third-order valence-electron chi connectivity index (χ3n) is 1.93. The largest absolute Gasteiger partial charge is 0.394 e. The first-order chi connectivity index (χ1) is 5.24. The lowest BCUT2D eigenvalue weighted by Gasteiger charge is -2.13. The van der Waals surface area contributed by atoms with Crippen LogP contribution in [0.1, 0.15) is 12.8 Å². The van der Waals surface area contributed by atoms with Gasteiger partial charge in [-0.25, -0.2) is 0 Å². The molecule has 4 nitrogen and oxygen atoms in total. The summed E-state index contributed by atoms with van der Waals surface area (Å²) in [5.41, 5.74) is 5.58. The van der Waals surface area contributed by atoms with E-state index in [2.05, 4.69) is 0 Å². The van der Waals surface area contributed by atoms with Crippen LogP contribution in [0.15, 0.2) is 0 Å². The average Bonchev–Trinajstić information content (AvgIpc) is 2.26. The lowest BCUT2D eigenvalue weighted by atomic mass is 10.3. The Morgan fingerprint density at radius 3 is 2.64 bits per heavy atom. The molecule has 1 rings (SSSR count). The molecule has 0 unspecified atom stereocenters. The molecule has 1 aliphatic carbocycles. The first-order valence-corrected chi connectivity index (χ1v) is 3.90. The summed E-state index contributed by atoms with van der Waals surface area (Å²) in [6, 6.07) is 0.0497. The highest BCUT2D eigenvalue weighted by molar-refractivity contribution is 4.86. The third kappa shape index (κ3) is 2.41. The lowest BCUT2D eigenvalue weighted by molar-refractivity contribution is -0.0302. The highest BCUT2D eigenvalue weighted by Gasteiger charge is 2.31. The van der Waals surface area contributed by atoms with Crippen LogP contribution in [-0.4, -0.2) is 41.7 Å². The van der Waals surface area contributed by atoms with Crippen LogP contribution in [0.3, 0.4) is 0 Å². The second kappa shape index (κ2) is 4.01. The van der Waals surface area contributed by atoms with Gasteiger partial charge >= 0.3 is 0 Å². The van der Waals surface area contributed by atoms with Crippen molar-refractivity contribution in [2.75, 3.05) is 13.2 Å². The number of hydrogen-bond acceptors (Lipinski definition) is 4. The maximum absolute atomic E-state index is 9.30. The van der Waals surface area contributed by atoms with Gasteiger partial charge in [0.15, 0.2) is 0 Å². The molecule has 0 aliphatic heterocycles. The molecule has 66 valence electrons. The van der Waals surface area contributed by atoms with Crippen molar-refractivity contribution in [3.8, 4) is 0 Å². The fraction of sp³-hybridized carbons (Fsp3) is 1.00. The fourth-order valence-electron chi connectivity index (χ4n) is 1.40. The monoisotopic (exact) mass is 161 g/mol. The third-order valence-corrected chi connectivity index (χ3v) is 1.93. The standard InChI is InChI=1S/C7H15NO3/c8-5-3-6(10)7(4-5)11-2-1-9/h5-7,9-10H,1-4,8H2/t5-,6-,7-/m0/s1. The predicted octanol–water partition coefficient (Wildman–Crippen LogP) is -1.15. The van der Waals surface area contributed by atoms with E-state index in [1.165, 1.54) is 0 Å². The smallest absolute Gasteiger partial charge is 0.0850 e. The van der Waals surface area contributed by atoms with Gasteiger partial charge in [0.25, 0.3) is 0 Å². The molecule has 1 saturated carbocycles. The Hall–Kier alpha value is -0.160. The van der Waals surface area contributed by atoms with E-state index in [4.69, 9.17) is 15.6 Å².